The number of hydrogen-bond donors (Lipinski definition) is 0. The number of rotatable bonds is 5. The average molecular weight is 397 g/mol. The molecule has 0 N–H and O–H groups in total. The molecule has 0 bridgehead atoms. The van der Waals surface area contributed by atoms with Crippen molar-refractivity contribution in [2.75, 3.05) is 6.26 Å². The van der Waals surface area contributed by atoms with E-state index in [2.05, 4.69) is 0 Å². The van der Waals surface area contributed by atoms with Gasteiger partial charge in [0.05, 0.1) is 4.90 Å². The normalized spacial score (nSPS) is 12.4. The van der Waals surface area contributed by atoms with Gasteiger partial charge in [-0.05, 0) is 73.2 Å². The van der Waals surface area contributed by atoms with Gasteiger partial charge in [-0.3, -0.25) is 0 Å². The Morgan fingerprint density at radius 1 is 0.808 bits per heavy atom. The van der Waals surface area contributed by atoms with Crippen LogP contribution in [0.1, 0.15) is 42.0 Å². The summed E-state index contributed by atoms with van der Waals surface area (Å²) >= 11 is 0. The molecule has 7 heteroatoms. The summed E-state index contributed by atoms with van der Waals surface area (Å²) in [6.45, 7) is 9.01. The first-order valence-corrected chi connectivity index (χ1v) is 11.5. The number of sulfone groups is 1. The molecule has 2 aromatic carbocycles. The maximum Gasteiger partial charge on any atom is 0.339 e. The van der Waals surface area contributed by atoms with E-state index in [0.717, 1.165) is 17.4 Å². The third kappa shape index (κ3) is 4.45. The van der Waals surface area contributed by atoms with E-state index in [1.54, 1.807) is 19.1 Å². The first-order valence-electron chi connectivity index (χ1n) is 8.18. The summed E-state index contributed by atoms with van der Waals surface area (Å²) in [7, 11) is -7.73. The van der Waals surface area contributed by atoms with Gasteiger partial charge in [-0.15, -0.1) is 0 Å². The molecule has 0 saturated heterocycles. The Labute approximate surface area is 156 Å². The fraction of sp³-hybridized carbons (Fsp3) is 0.368. The highest BCUT2D eigenvalue weighted by Crippen LogP contribution is 2.29. The van der Waals surface area contributed by atoms with E-state index in [1.807, 2.05) is 26.8 Å². The summed E-state index contributed by atoms with van der Waals surface area (Å²) in [6, 6.07) is 8.21. The molecule has 0 spiro atoms. The first-order chi connectivity index (χ1) is 11.8. The Balaban J connectivity index is 2.58. The third-order valence-corrected chi connectivity index (χ3v) is 6.67. The van der Waals surface area contributed by atoms with Crippen LogP contribution in [0.25, 0.3) is 0 Å². The second kappa shape index (κ2) is 7.04. The van der Waals surface area contributed by atoms with Crippen LogP contribution in [0.5, 0.6) is 5.75 Å². The van der Waals surface area contributed by atoms with Gasteiger partial charge in [-0.2, -0.15) is 8.42 Å². The van der Waals surface area contributed by atoms with Crippen molar-refractivity contribution in [2.45, 2.75) is 50.3 Å². The fourth-order valence-electron chi connectivity index (χ4n) is 2.77. The molecule has 0 unspecified atom stereocenters. The predicted molar refractivity (Wildman–Crippen MR) is 102 cm³/mol. The van der Waals surface area contributed by atoms with Crippen LogP contribution in [-0.2, 0) is 20.0 Å². The average Bonchev–Trinajstić information content (AvgIpc) is 2.46. The number of aryl methyl sites for hydroxylation is 2. The molecule has 0 aliphatic heterocycles. The second-order valence-electron chi connectivity index (χ2n) is 6.93. The second-order valence-corrected chi connectivity index (χ2v) is 10.4. The van der Waals surface area contributed by atoms with Gasteiger partial charge >= 0.3 is 10.1 Å². The minimum Gasteiger partial charge on any atom is -0.379 e. The van der Waals surface area contributed by atoms with Crippen LogP contribution in [0.3, 0.4) is 0 Å². The summed E-state index contributed by atoms with van der Waals surface area (Å²) in [5.41, 5.74) is 2.55. The van der Waals surface area contributed by atoms with Crippen molar-refractivity contribution in [1.29, 1.82) is 0 Å². The van der Waals surface area contributed by atoms with Gasteiger partial charge in [0.25, 0.3) is 0 Å². The van der Waals surface area contributed by atoms with Crippen molar-refractivity contribution >= 4 is 20.0 Å². The summed E-state index contributed by atoms with van der Waals surface area (Å²) in [5, 5.41) is 0. The zero-order valence-corrected chi connectivity index (χ0v) is 17.5. The van der Waals surface area contributed by atoms with Gasteiger partial charge in [-0.1, -0.05) is 19.9 Å². The van der Waals surface area contributed by atoms with Crippen molar-refractivity contribution in [3.8, 4) is 5.75 Å². The predicted octanol–water partition coefficient (Wildman–Crippen LogP) is 3.91. The highest BCUT2D eigenvalue weighted by atomic mass is 32.2. The first kappa shape index (κ1) is 20.5. The zero-order valence-electron chi connectivity index (χ0n) is 15.8. The maximum absolute atomic E-state index is 12.8. The van der Waals surface area contributed by atoms with Crippen molar-refractivity contribution < 1.29 is 21.0 Å². The number of hydrogen-bond acceptors (Lipinski definition) is 5. The largest absolute Gasteiger partial charge is 0.379 e. The molecule has 0 aliphatic carbocycles. The Morgan fingerprint density at radius 3 is 1.88 bits per heavy atom. The lowest BCUT2D eigenvalue weighted by molar-refractivity contribution is 0.484. The van der Waals surface area contributed by atoms with Gasteiger partial charge < -0.3 is 4.18 Å². The van der Waals surface area contributed by atoms with Crippen molar-refractivity contribution in [3.05, 3.63) is 52.6 Å². The summed E-state index contributed by atoms with van der Waals surface area (Å²) in [5.74, 6) is 0.438. The fourth-order valence-corrected chi connectivity index (χ4v) is 5.15. The van der Waals surface area contributed by atoms with Crippen LogP contribution in [0.15, 0.2) is 40.1 Å². The lowest BCUT2D eigenvalue weighted by Crippen LogP contribution is -2.14. The van der Waals surface area contributed by atoms with Gasteiger partial charge in [0.1, 0.15) is 10.6 Å². The Kier molecular flexibility index (Phi) is 5.54. The van der Waals surface area contributed by atoms with Gasteiger partial charge in [-0.25, -0.2) is 8.42 Å². The van der Waals surface area contributed by atoms with Crippen LogP contribution in [0.4, 0.5) is 0 Å². The Morgan fingerprint density at radius 2 is 1.35 bits per heavy atom. The molecular formula is C19H24O5S2. The quantitative estimate of drug-likeness (QED) is 0.716. The molecule has 0 amide bonds. The van der Waals surface area contributed by atoms with Crippen LogP contribution >= 0.6 is 0 Å². The maximum atomic E-state index is 12.8. The zero-order chi connectivity index (χ0) is 19.9. The smallest absolute Gasteiger partial charge is 0.339 e. The van der Waals surface area contributed by atoms with Crippen molar-refractivity contribution in [2.24, 2.45) is 0 Å². The van der Waals surface area contributed by atoms with Crippen molar-refractivity contribution in [1.82, 2.24) is 0 Å². The van der Waals surface area contributed by atoms with Crippen LogP contribution < -0.4 is 4.18 Å². The minimum atomic E-state index is -4.17. The summed E-state index contributed by atoms with van der Waals surface area (Å²) in [4.78, 5) is -0.141. The molecular weight excluding hydrogens is 372 g/mol. The molecule has 2 aromatic rings. The molecule has 0 aliphatic rings. The van der Waals surface area contributed by atoms with E-state index in [1.165, 1.54) is 19.1 Å². The Hall–Kier alpha value is -1.86. The molecule has 0 radical (unpaired) electrons. The van der Waals surface area contributed by atoms with Crippen LogP contribution in [0.2, 0.25) is 0 Å². The van der Waals surface area contributed by atoms with Gasteiger partial charge in [0.15, 0.2) is 9.84 Å². The number of benzene rings is 2. The molecule has 5 nitrogen and oxygen atoms in total. The topological polar surface area (TPSA) is 77.5 Å². The van der Waals surface area contributed by atoms with E-state index in [-0.39, 0.29) is 27.0 Å². The highest BCUT2D eigenvalue weighted by Gasteiger charge is 2.25. The third-order valence-electron chi connectivity index (χ3n) is 4.07. The lowest BCUT2D eigenvalue weighted by atomic mass is 10.0. The molecule has 0 saturated carbocycles. The van der Waals surface area contributed by atoms with E-state index in [9.17, 15) is 16.8 Å². The van der Waals surface area contributed by atoms with E-state index in [0.29, 0.717) is 5.56 Å². The van der Waals surface area contributed by atoms with Crippen LogP contribution in [0, 0.1) is 20.8 Å². The van der Waals surface area contributed by atoms with Crippen molar-refractivity contribution in [3.63, 3.8) is 0 Å². The molecule has 26 heavy (non-hydrogen) atoms. The van der Waals surface area contributed by atoms with Gasteiger partial charge in [0.2, 0.25) is 0 Å². The highest BCUT2D eigenvalue weighted by molar-refractivity contribution is 7.91. The van der Waals surface area contributed by atoms with E-state index < -0.39 is 20.0 Å². The molecule has 142 valence electrons. The van der Waals surface area contributed by atoms with Crippen LogP contribution in [-0.4, -0.2) is 23.1 Å². The van der Waals surface area contributed by atoms with E-state index >= 15 is 0 Å². The molecule has 0 heterocycles. The monoisotopic (exact) mass is 396 g/mol. The minimum absolute atomic E-state index is 0.00760. The molecule has 2 rings (SSSR count). The lowest BCUT2D eigenvalue weighted by Gasteiger charge is -2.15. The van der Waals surface area contributed by atoms with Gasteiger partial charge in [0, 0.05) is 6.26 Å². The van der Waals surface area contributed by atoms with E-state index in [4.69, 9.17) is 4.18 Å². The summed E-state index contributed by atoms with van der Waals surface area (Å²) in [6.07, 6.45) is 1.06. The molecule has 0 aromatic heterocycles. The SMILES string of the molecule is Cc1cc(OS(=O)(=O)c2cc(C)cc(S(C)(=O)=O)c2C)cc(C(C)C)c1. The summed E-state index contributed by atoms with van der Waals surface area (Å²) < 4.78 is 54.9. The molecule has 0 atom stereocenters. The Bertz CT molecular complexity index is 1050. The standard InChI is InChI=1S/C19H24O5S2/c1-12(2)16-7-13(3)8-17(11-16)24-26(22,23)19-10-14(4)9-18(15(19)5)25(6,20)21/h7-12H,1-6H3. The molecule has 0 fully saturated rings.